The fraction of sp³-hybridized carbons (Fsp3) is 0.538. The van der Waals surface area contributed by atoms with Gasteiger partial charge in [0.2, 0.25) is 0 Å². The molecule has 2 unspecified atom stereocenters. The van der Waals surface area contributed by atoms with Crippen LogP contribution < -0.4 is 0 Å². The van der Waals surface area contributed by atoms with Gasteiger partial charge in [0.05, 0.1) is 16.2 Å². The molecule has 0 spiro atoms. The molecule has 18 heavy (non-hydrogen) atoms. The lowest BCUT2D eigenvalue weighted by Gasteiger charge is -2.32. The van der Waals surface area contributed by atoms with E-state index in [1.165, 1.54) is 19.2 Å². The third-order valence-corrected chi connectivity index (χ3v) is 4.02. The van der Waals surface area contributed by atoms with E-state index in [4.69, 9.17) is 4.74 Å². The van der Waals surface area contributed by atoms with E-state index in [1.54, 1.807) is 6.92 Å². The maximum absolute atomic E-state index is 13.8. The second kappa shape index (κ2) is 6.08. The quantitative estimate of drug-likeness (QED) is 0.841. The van der Waals surface area contributed by atoms with Crippen LogP contribution in [0.25, 0.3) is 0 Å². The Bertz CT molecular complexity index is 420. The molecular formula is C13H17BrF2O2. The number of methoxy groups -OCH3 is 1. The molecule has 0 fully saturated rings. The van der Waals surface area contributed by atoms with Gasteiger partial charge in [0.1, 0.15) is 11.6 Å². The zero-order valence-electron chi connectivity index (χ0n) is 10.6. The summed E-state index contributed by atoms with van der Waals surface area (Å²) >= 11 is 3.00. The summed E-state index contributed by atoms with van der Waals surface area (Å²) in [6, 6.07) is 2.47. The minimum absolute atomic E-state index is 0.130. The first kappa shape index (κ1) is 15.5. The van der Waals surface area contributed by atoms with Crippen LogP contribution in [0.4, 0.5) is 8.78 Å². The van der Waals surface area contributed by atoms with Crippen LogP contribution in [0.2, 0.25) is 0 Å². The molecule has 0 aliphatic carbocycles. The van der Waals surface area contributed by atoms with Gasteiger partial charge in [0.15, 0.2) is 0 Å². The number of ether oxygens (including phenoxy) is 1. The molecule has 0 heterocycles. The molecule has 1 aromatic rings. The number of halogens is 3. The van der Waals surface area contributed by atoms with Crippen LogP contribution in [0.3, 0.4) is 0 Å². The van der Waals surface area contributed by atoms with E-state index in [1.807, 2.05) is 6.92 Å². The highest BCUT2D eigenvalue weighted by Gasteiger charge is 2.32. The number of hydrogen-bond donors (Lipinski definition) is 1. The SMILES string of the molecule is CCC(C)(OC)C(O)Cc1c(F)ccc(Br)c1F. The molecule has 0 saturated heterocycles. The zero-order valence-corrected chi connectivity index (χ0v) is 12.2. The van der Waals surface area contributed by atoms with Crippen molar-refractivity contribution in [3.8, 4) is 0 Å². The first-order valence-electron chi connectivity index (χ1n) is 5.71. The first-order valence-corrected chi connectivity index (χ1v) is 6.50. The van der Waals surface area contributed by atoms with Gasteiger partial charge < -0.3 is 9.84 Å². The van der Waals surface area contributed by atoms with E-state index in [2.05, 4.69) is 15.9 Å². The molecule has 0 amide bonds. The predicted molar refractivity (Wildman–Crippen MR) is 69.5 cm³/mol. The van der Waals surface area contributed by atoms with E-state index in [0.717, 1.165) is 0 Å². The molecule has 2 atom stereocenters. The van der Waals surface area contributed by atoms with Crippen molar-refractivity contribution in [2.24, 2.45) is 0 Å². The third-order valence-electron chi connectivity index (χ3n) is 3.41. The van der Waals surface area contributed by atoms with Gasteiger partial charge in [-0.15, -0.1) is 0 Å². The normalized spacial score (nSPS) is 16.4. The van der Waals surface area contributed by atoms with Crippen molar-refractivity contribution in [1.82, 2.24) is 0 Å². The third kappa shape index (κ3) is 3.08. The summed E-state index contributed by atoms with van der Waals surface area (Å²) < 4.78 is 32.8. The molecule has 1 rings (SSSR count). The Morgan fingerprint density at radius 2 is 2.06 bits per heavy atom. The van der Waals surface area contributed by atoms with E-state index >= 15 is 0 Å². The first-order chi connectivity index (χ1) is 8.35. The highest BCUT2D eigenvalue weighted by Crippen LogP contribution is 2.27. The second-order valence-electron chi connectivity index (χ2n) is 4.41. The average Bonchev–Trinajstić information content (AvgIpc) is 2.37. The van der Waals surface area contributed by atoms with Gasteiger partial charge in [0.25, 0.3) is 0 Å². The van der Waals surface area contributed by atoms with Crippen LogP contribution in [0.1, 0.15) is 25.8 Å². The molecular weight excluding hydrogens is 306 g/mol. The van der Waals surface area contributed by atoms with Crippen LogP contribution in [0.5, 0.6) is 0 Å². The minimum Gasteiger partial charge on any atom is -0.390 e. The van der Waals surface area contributed by atoms with E-state index in [-0.39, 0.29) is 16.5 Å². The number of aliphatic hydroxyl groups is 1. The summed E-state index contributed by atoms with van der Waals surface area (Å²) in [7, 11) is 1.47. The minimum atomic E-state index is -0.981. The molecule has 0 aliphatic heterocycles. The lowest BCUT2D eigenvalue weighted by atomic mass is 9.90. The number of aliphatic hydroxyl groups excluding tert-OH is 1. The second-order valence-corrected chi connectivity index (χ2v) is 5.27. The molecule has 2 nitrogen and oxygen atoms in total. The Balaban J connectivity index is 3.01. The van der Waals surface area contributed by atoms with Crippen LogP contribution >= 0.6 is 15.9 Å². The largest absolute Gasteiger partial charge is 0.390 e. The van der Waals surface area contributed by atoms with Crippen molar-refractivity contribution in [1.29, 1.82) is 0 Å². The lowest BCUT2D eigenvalue weighted by Crippen LogP contribution is -2.42. The van der Waals surface area contributed by atoms with Crippen LogP contribution in [-0.4, -0.2) is 23.9 Å². The number of rotatable bonds is 5. The Morgan fingerprint density at radius 1 is 1.44 bits per heavy atom. The van der Waals surface area contributed by atoms with Crippen LogP contribution in [-0.2, 0) is 11.2 Å². The zero-order chi connectivity index (χ0) is 13.9. The highest BCUT2D eigenvalue weighted by atomic mass is 79.9. The number of benzene rings is 1. The van der Waals surface area contributed by atoms with Crippen molar-refractivity contribution < 1.29 is 18.6 Å². The highest BCUT2D eigenvalue weighted by molar-refractivity contribution is 9.10. The Morgan fingerprint density at radius 3 is 2.56 bits per heavy atom. The average molecular weight is 323 g/mol. The van der Waals surface area contributed by atoms with Crippen LogP contribution in [0, 0.1) is 11.6 Å². The summed E-state index contributed by atoms with van der Waals surface area (Å²) in [6.07, 6.45) is -0.567. The summed E-state index contributed by atoms with van der Waals surface area (Å²) in [5, 5.41) is 10.1. The van der Waals surface area contributed by atoms with Gasteiger partial charge in [-0.25, -0.2) is 8.78 Å². The van der Waals surface area contributed by atoms with Gasteiger partial charge in [-0.05, 0) is 41.4 Å². The van der Waals surface area contributed by atoms with Gasteiger partial charge in [0, 0.05) is 19.1 Å². The van der Waals surface area contributed by atoms with E-state index < -0.39 is 23.3 Å². The molecule has 0 aromatic heterocycles. The Hall–Kier alpha value is -0.520. The maximum atomic E-state index is 13.8. The number of hydrogen-bond acceptors (Lipinski definition) is 2. The maximum Gasteiger partial charge on any atom is 0.143 e. The van der Waals surface area contributed by atoms with Crippen molar-refractivity contribution in [3.63, 3.8) is 0 Å². The summed E-state index contributed by atoms with van der Waals surface area (Å²) in [4.78, 5) is 0. The summed E-state index contributed by atoms with van der Waals surface area (Å²) in [6.45, 7) is 3.56. The molecule has 5 heteroatoms. The molecule has 1 N–H and O–H groups in total. The van der Waals surface area contributed by atoms with Crippen LogP contribution in [0.15, 0.2) is 16.6 Å². The fourth-order valence-corrected chi connectivity index (χ4v) is 2.05. The van der Waals surface area contributed by atoms with Gasteiger partial charge in [-0.2, -0.15) is 0 Å². The standard InChI is InChI=1S/C13H17BrF2O2/c1-4-13(2,18-3)11(17)7-8-10(15)6-5-9(14)12(8)16/h5-6,11,17H,4,7H2,1-3H3. The molecule has 0 bridgehead atoms. The van der Waals surface area contributed by atoms with Crippen molar-refractivity contribution in [3.05, 3.63) is 33.8 Å². The van der Waals surface area contributed by atoms with Gasteiger partial charge in [-0.1, -0.05) is 6.92 Å². The molecule has 0 saturated carbocycles. The van der Waals surface area contributed by atoms with Crippen molar-refractivity contribution in [2.45, 2.75) is 38.4 Å². The summed E-state index contributed by atoms with van der Waals surface area (Å²) in [5.41, 5.74) is -0.949. The molecule has 102 valence electrons. The lowest BCUT2D eigenvalue weighted by molar-refractivity contribution is -0.0919. The fourth-order valence-electron chi connectivity index (χ4n) is 1.68. The van der Waals surface area contributed by atoms with Gasteiger partial charge >= 0.3 is 0 Å². The smallest absolute Gasteiger partial charge is 0.143 e. The van der Waals surface area contributed by atoms with Gasteiger partial charge in [-0.3, -0.25) is 0 Å². The molecule has 1 aromatic carbocycles. The van der Waals surface area contributed by atoms with Crippen molar-refractivity contribution in [2.75, 3.05) is 7.11 Å². The molecule has 0 aliphatic rings. The Labute approximate surface area is 114 Å². The van der Waals surface area contributed by atoms with E-state index in [9.17, 15) is 13.9 Å². The predicted octanol–water partition coefficient (Wildman–Crippen LogP) is 3.45. The topological polar surface area (TPSA) is 29.5 Å². The summed E-state index contributed by atoms with van der Waals surface area (Å²) in [5.74, 6) is -1.34. The van der Waals surface area contributed by atoms with E-state index in [0.29, 0.717) is 6.42 Å². The molecule has 0 radical (unpaired) electrons. The monoisotopic (exact) mass is 322 g/mol. The Kier molecular flexibility index (Phi) is 5.25. The van der Waals surface area contributed by atoms with Crippen molar-refractivity contribution >= 4 is 15.9 Å².